The maximum atomic E-state index is 13.8. The van der Waals surface area contributed by atoms with E-state index in [1.165, 1.54) is 4.90 Å². The normalized spacial score (nSPS) is 26.3. The number of carbonyl (C=O) groups excluding carboxylic acids is 2. The van der Waals surface area contributed by atoms with Crippen molar-refractivity contribution < 1.29 is 14.3 Å². The first kappa shape index (κ1) is 21.3. The van der Waals surface area contributed by atoms with Gasteiger partial charge in [-0.15, -0.1) is 0 Å². The molecule has 0 bridgehead atoms. The van der Waals surface area contributed by atoms with Crippen LogP contribution in [0.15, 0.2) is 66.7 Å². The molecule has 0 aromatic heterocycles. The molecule has 2 fully saturated rings. The van der Waals surface area contributed by atoms with Crippen molar-refractivity contribution in [3.63, 3.8) is 0 Å². The number of anilines is 1. The molecule has 2 amide bonds. The predicted molar refractivity (Wildman–Crippen MR) is 126 cm³/mol. The number of fused-ring (bicyclic) bond motifs is 1. The second-order valence-electron chi connectivity index (χ2n) is 8.29. The zero-order valence-corrected chi connectivity index (χ0v) is 19.5. The molecule has 162 valence electrons. The zero-order chi connectivity index (χ0) is 22.8. The van der Waals surface area contributed by atoms with E-state index in [2.05, 4.69) is 0 Å². The van der Waals surface area contributed by atoms with Gasteiger partial charge in [0.15, 0.2) is 0 Å². The quantitative estimate of drug-likeness (QED) is 0.415. The Morgan fingerprint density at radius 3 is 1.81 bits per heavy atom. The van der Waals surface area contributed by atoms with Gasteiger partial charge in [-0.1, -0.05) is 59.1 Å². The minimum Gasteiger partial charge on any atom is -0.497 e. The van der Waals surface area contributed by atoms with E-state index in [1.807, 2.05) is 43.3 Å². The minimum atomic E-state index is -0.971. The Morgan fingerprint density at radius 1 is 0.812 bits per heavy atom. The highest BCUT2D eigenvalue weighted by molar-refractivity contribution is 6.36. The highest BCUT2D eigenvalue weighted by Crippen LogP contribution is 2.76. The van der Waals surface area contributed by atoms with Crippen LogP contribution in [0.2, 0.25) is 15.1 Å². The summed E-state index contributed by atoms with van der Waals surface area (Å²) in [6.07, 6.45) is 0. The second kappa shape index (κ2) is 7.24. The largest absolute Gasteiger partial charge is 0.497 e. The van der Waals surface area contributed by atoms with Crippen LogP contribution in [0.25, 0.3) is 0 Å². The summed E-state index contributed by atoms with van der Waals surface area (Å²) >= 11 is 18.4. The Labute approximate surface area is 200 Å². The molecule has 0 radical (unpaired) electrons. The third kappa shape index (κ3) is 2.70. The average molecular weight is 487 g/mol. The van der Waals surface area contributed by atoms with Gasteiger partial charge in [0.1, 0.15) is 5.75 Å². The Hall–Kier alpha value is -2.53. The van der Waals surface area contributed by atoms with E-state index in [0.717, 1.165) is 11.1 Å². The van der Waals surface area contributed by atoms with Gasteiger partial charge in [-0.05, 0) is 60.5 Å². The van der Waals surface area contributed by atoms with Crippen LogP contribution in [-0.4, -0.2) is 18.9 Å². The standard InChI is InChI=1S/C25H18Cl3NO3/c1-24-21(22(30)29(23(24)31)19-12-17(27)11-18(28)13-19)25(24,14-3-7-16(26)8-4-14)15-5-9-20(32-2)10-6-15/h3-13,21H,1-2H3/t21-,24-,25+/m0/s1. The number of methoxy groups -OCH3 is 1. The number of hydrogen-bond acceptors (Lipinski definition) is 3. The molecule has 3 aromatic carbocycles. The second-order valence-corrected chi connectivity index (χ2v) is 9.59. The highest BCUT2D eigenvalue weighted by Gasteiger charge is 2.86. The molecule has 1 heterocycles. The monoisotopic (exact) mass is 485 g/mol. The summed E-state index contributed by atoms with van der Waals surface area (Å²) in [5.74, 6) is -0.433. The summed E-state index contributed by atoms with van der Waals surface area (Å²) in [5.41, 5.74) is 0.340. The van der Waals surface area contributed by atoms with Crippen LogP contribution in [-0.2, 0) is 15.0 Å². The van der Waals surface area contributed by atoms with Gasteiger partial charge in [-0.25, -0.2) is 4.90 Å². The third-order valence-electron chi connectivity index (χ3n) is 6.81. The number of carbonyl (C=O) groups is 2. The molecule has 1 saturated carbocycles. The Balaban J connectivity index is 1.67. The van der Waals surface area contributed by atoms with Crippen LogP contribution in [0, 0.1) is 11.3 Å². The minimum absolute atomic E-state index is 0.276. The SMILES string of the molecule is COc1ccc([C@]2(c3ccc(Cl)cc3)[C@H]3C(=O)N(c4cc(Cl)cc(Cl)c4)C(=O)[C@]32C)cc1. The zero-order valence-electron chi connectivity index (χ0n) is 17.2. The number of ether oxygens (including phenoxy) is 1. The van der Waals surface area contributed by atoms with Crippen molar-refractivity contribution in [2.75, 3.05) is 12.0 Å². The molecule has 1 saturated heterocycles. The number of piperidine rings is 1. The average Bonchev–Trinajstić information content (AvgIpc) is 3.28. The molecule has 0 unspecified atom stereocenters. The van der Waals surface area contributed by atoms with Gasteiger partial charge in [-0.3, -0.25) is 9.59 Å². The summed E-state index contributed by atoms with van der Waals surface area (Å²) in [5, 5.41) is 1.30. The van der Waals surface area contributed by atoms with Gasteiger partial charge in [0.2, 0.25) is 11.8 Å². The lowest BCUT2D eigenvalue weighted by Gasteiger charge is -2.29. The van der Waals surface area contributed by atoms with E-state index < -0.39 is 16.7 Å². The fourth-order valence-corrected chi connectivity index (χ4v) is 6.02. The first-order chi connectivity index (χ1) is 15.2. The number of rotatable bonds is 4. The molecule has 2 aliphatic rings. The first-order valence-corrected chi connectivity index (χ1v) is 11.1. The molecule has 7 heteroatoms. The molecular formula is C25H18Cl3NO3. The topological polar surface area (TPSA) is 46.6 Å². The van der Waals surface area contributed by atoms with Crippen molar-refractivity contribution in [2.45, 2.75) is 12.3 Å². The molecule has 0 N–H and O–H groups in total. The van der Waals surface area contributed by atoms with Crippen molar-refractivity contribution in [3.8, 4) is 5.75 Å². The van der Waals surface area contributed by atoms with Gasteiger partial charge >= 0.3 is 0 Å². The predicted octanol–water partition coefficient (Wildman–Crippen LogP) is 6.15. The number of nitrogens with zero attached hydrogens (tertiary/aromatic N) is 1. The molecule has 3 atom stereocenters. The van der Waals surface area contributed by atoms with Gasteiger partial charge in [0, 0.05) is 20.5 Å². The van der Waals surface area contributed by atoms with Gasteiger partial charge in [0.25, 0.3) is 0 Å². The van der Waals surface area contributed by atoms with E-state index in [9.17, 15) is 9.59 Å². The molecule has 0 spiro atoms. The number of halogens is 3. The Kier molecular flexibility index (Phi) is 4.82. The van der Waals surface area contributed by atoms with Crippen LogP contribution >= 0.6 is 34.8 Å². The van der Waals surface area contributed by atoms with E-state index in [4.69, 9.17) is 39.5 Å². The van der Waals surface area contributed by atoms with Gasteiger partial charge in [-0.2, -0.15) is 0 Å². The number of benzene rings is 3. The number of amides is 2. The maximum Gasteiger partial charge on any atom is 0.241 e. The molecule has 3 aromatic rings. The fourth-order valence-electron chi connectivity index (χ4n) is 5.38. The van der Waals surface area contributed by atoms with Crippen molar-refractivity contribution in [3.05, 3.63) is 92.9 Å². The summed E-state index contributed by atoms with van der Waals surface area (Å²) in [4.78, 5) is 28.7. The van der Waals surface area contributed by atoms with E-state index in [-0.39, 0.29) is 11.8 Å². The van der Waals surface area contributed by atoms with Crippen molar-refractivity contribution in [1.82, 2.24) is 0 Å². The number of hydrogen-bond donors (Lipinski definition) is 0. The van der Waals surface area contributed by atoms with Crippen molar-refractivity contribution >= 4 is 52.3 Å². The van der Waals surface area contributed by atoms with Gasteiger partial charge < -0.3 is 4.74 Å². The van der Waals surface area contributed by atoms with Crippen LogP contribution in [0.1, 0.15) is 18.1 Å². The van der Waals surface area contributed by atoms with Crippen LogP contribution in [0.4, 0.5) is 5.69 Å². The van der Waals surface area contributed by atoms with Crippen molar-refractivity contribution in [1.29, 1.82) is 0 Å². The molecule has 5 rings (SSSR count). The molecule has 32 heavy (non-hydrogen) atoms. The van der Waals surface area contributed by atoms with E-state index in [0.29, 0.717) is 26.5 Å². The Bertz CT molecular complexity index is 1240. The van der Waals surface area contributed by atoms with Crippen LogP contribution < -0.4 is 9.64 Å². The highest BCUT2D eigenvalue weighted by atomic mass is 35.5. The maximum absolute atomic E-state index is 13.8. The number of imide groups is 1. The lowest BCUT2D eigenvalue weighted by molar-refractivity contribution is -0.125. The summed E-state index contributed by atoms with van der Waals surface area (Å²) in [7, 11) is 1.60. The van der Waals surface area contributed by atoms with Crippen LogP contribution in [0.5, 0.6) is 5.75 Å². The van der Waals surface area contributed by atoms with E-state index in [1.54, 1.807) is 37.4 Å². The molecular weight excluding hydrogens is 469 g/mol. The molecule has 4 nitrogen and oxygen atoms in total. The lowest BCUT2D eigenvalue weighted by Crippen LogP contribution is -2.42. The summed E-state index contributed by atoms with van der Waals surface area (Å²) in [6, 6.07) is 19.6. The van der Waals surface area contributed by atoms with Crippen LogP contribution in [0.3, 0.4) is 0 Å². The fraction of sp³-hybridized carbons (Fsp3) is 0.200. The summed E-state index contributed by atoms with van der Waals surface area (Å²) in [6.45, 7) is 1.85. The van der Waals surface area contributed by atoms with Gasteiger partial charge in [0.05, 0.1) is 24.1 Å². The van der Waals surface area contributed by atoms with E-state index >= 15 is 0 Å². The molecule has 1 aliphatic carbocycles. The first-order valence-electron chi connectivity index (χ1n) is 10.00. The summed E-state index contributed by atoms with van der Waals surface area (Å²) < 4.78 is 5.30. The van der Waals surface area contributed by atoms with Crippen molar-refractivity contribution in [2.24, 2.45) is 11.3 Å². The lowest BCUT2D eigenvalue weighted by atomic mass is 9.79. The molecule has 1 aliphatic heterocycles. The smallest absolute Gasteiger partial charge is 0.241 e. The Morgan fingerprint density at radius 2 is 1.34 bits per heavy atom. The third-order valence-corrected chi connectivity index (χ3v) is 7.50.